The number of benzene rings is 1. The molecule has 2 aromatic rings. The van der Waals surface area contributed by atoms with Crippen LogP contribution in [0.2, 0.25) is 0 Å². The number of rotatable bonds is 8. The summed E-state index contributed by atoms with van der Waals surface area (Å²) in [6.45, 7) is 6.29. The maximum absolute atomic E-state index is 12.5. The molecule has 31 heavy (non-hydrogen) atoms. The Hall–Kier alpha value is -3.80. The van der Waals surface area contributed by atoms with Crippen LogP contribution in [0.5, 0.6) is 11.5 Å². The van der Waals surface area contributed by atoms with Gasteiger partial charge in [-0.25, -0.2) is 0 Å². The smallest absolute Gasteiger partial charge is 0.297 e. The van der Waals surface area contributed by atoms with E-state index in [4.69, 9.17) is 0 Å². The van der Waals surface area contributed by atoms with Crippen LogP contribution in [0.1, 0.15) is 37.6 Å². The number of phenolic OH excluding ortho intramolecular Hbond substituents is 1. The SMILES string of the molecule is CCC(C)C=C(C)C=CC=CC=CC(=O)c1c(O)c(-c2ccc(O)cc2)cn(O)c1=O. The average molecular weight is 421 g/mol. The fraction of sp³-hybridized carbons (Fsp3) is 0.200. The lowest BCUT2D eigenvalue weighted by Crippen LogP contribution is -2.24. The molecule has 0 aliphatic carbocycles. The molecule has 1 unspecified atom stereocenters. The van der Waals surface area contributed by atoms with E-state index < -0.39 is 22.7 Å². The Morgan fingerprint density at radius 1 is 1.06 bits per heavy atom. The van der Waals surface area contributed by atoms with Crippen molar-refractivity contribution >= 4 is 5.78 Å². The molecule has 0 aliphatic rings. The van der Waals surface area contributed by atoms with Gasteiger partial charge < -0.3 is 15.4 Å². The van der Waals surface area contributed by atoms with E-state index in [0.29, 0.717) is 11.5 Å². The highest BCUT2D eigenvalue weighted by atomic mass is 16.5. The summed E-state index contributed by atoms with van der Waals surface area (Å²) in [7, 11) is 0. The van der Waals surface area contributed by atoms with Crippen LogP contribution in [0.15, 0.2) is 83.4 Å². The molecule has 1 atom stereocenters. The molecule has 0 saturated heterocycles. The van der Waals surface area contributed by atoms with Crippen LogP contribution in [0.25, 0.3) is 11.1 Å². The number of hydrogen-bond donors (Lipinski definition) is 3. The van der Waals surface area contributed by atoms with Gasteiger partial charge in [0.2, 0.25) is 0 Å². The molecule has 0 spiro atoms. The Kier molecular flexibility index (Phi) is 8.20. The first-order chi connectivity index (χ1) is 14.7. The fourth-order valence-electron chi connectivity index (χ4n) is 2.85. The van der Waals surface area contributed by atoms with Gasteiger partial charge in [0.1, 0.15) is 17.1 Å². The zero-order chi connectivity index (χ0) is 23.0. The number of aromatic hydroxyl groups is 2. The van der Waals surface area contributed by atoms with Gasteiger partial charge in [-0.1, -0.05) is 74.4 Å². The van der Waals surface area contributed by atoms with Crippen LogP contribution in [0.4, 0.5) is 0 Å². The van der Waals surface area contributed by atoms with Crippen molar-refractivity contribution in [3.63, 3.8) is 0 Å². The molecule has 0 aliphatic heterocycles. The van der Waals surface area contributed by atoms with Crippen molar-refractivity contribution in [2.45, 2.75) is 27.2 Å². The molecule has 0 amide bonds. The molecule has 1 heterocycles. The van der Waals surface area contributed by atoms with E-state index >= 15 is 0 Å². The highest BCUT2D eigenvalue weighted by Crippen LogP contribution is 2.31. The van der Waals surface area contributed by atoms with Crippen LogP contribution in [0.3, 0.4) is 0 Å². The standard InChI is InChI=1S/C25H27NO5/c1-4-17(2)15-18(3)9-7-5-6-8-10-22(28)23-24(29)21(16-26(31)25(23)30)19-11-13-20(27)14-12-19/h5-17,27,29,31H,4H2,1-3H3. The summed E-state index contributed by atoms with van der Waals surface area (Å²) >= 11 is 0. The van der Waals surface area contributed by atoms with Crippen LogP contribution < -0.4 is 5.56 Å². The van der Waals surface area contributed by atoms with Gasteiger partial charge in [0.25, 0.3) is 5.56 Å². The largest absolute Gasteiger partial charge is 0.508 e. The third-order valence-electron chi connectivity index (χ3n) is 4.72. The van der Waals surface area contributed by atoms with Gasteiger partial charge in [-0.05, 0) is 36.6 Å². The zero-order valence-corrected chi connectivity index (χ0v) is 17.8. The summed E-state index contributed by atoms with van der Waals surface area (Å²) in [5.74, 6) is -0.754. The summed E-state index contributed by atoms with van der Waals surface area (Å²) < 4.78 is 0.258. The molecule has 0 bridgehead atoms. The van der Waals surface area contributed by atoms with Gasteiger partial charge in [0.15, 0.2) is 5.78 Å². The van der Waals surface area contributed by atoms with Gasteiger partial charge in [0.05, 0.1) is 6.20 Å². The third kappa shape index (κ3) is 6.34. The molecule has 0 saturated carbocycles. The van der Waals surface area contributed by atoms with Crippen LogP contribution in [-0.4, -0.2) is 25.9 Å². The minimum absolute atomic E-state index is 0.0196. The van der Waals surface area contributed by atoms with E-state index in [1.165, 1.54) is 30.3 Å². The van der Waals surface area contributed by atoms with E-state index in [-0.39, 0.29) is 16.0 Å². The number of allylic oxidation sites excluding steroid dienone is 8. The second-order valence-corrected chi connectivity index (χ2v) is 7.23. The van der Waals surface area contributed by atoms with Crippen molar-refractivity contribution in [3.8, 4) is 22.6 Å². The normalized spacial score (nSPS) is 13.5. The van der Waals surface area contributed by atoms with Gasteiger partial charge in [-0.2, -0.15) is 4.73 Å². The fourth-order valence-corrected chi connectivity index (χ4v) is 2.85. The lowest BCUT2D eigenvalue weighted by Gasteiger charge is -2.10. The molecule has 6 heteroatoms. The number of carbonyl (C=O) groups is 1. The highest BCUT2D eigenvalue weighted by Gasteiger charge is 2.20. The number of phenols is 1. The number of hydrogen-bond acceptors (Lipinski definition) is 5. The van der Waals surface area contributed by atoms with Gasteiger partial charge >= 0.3 is 0 Å². The monoisotopic (exact) mass is 421 g/mol. The molecular weight excluding hydrogens is 394 g/mol. The number of ketones is 1. The molecule has 0 fully saturated rings. The van der Waals surface area contributed by atoms with Gasteiger partial charge in [-0.15, -0.1) is 0 Å². The van der Waals surface area contributed by atoms with E-state index in [1.807, 2.05) is 19.1 Å². The summed E-state index contributed by atoms with van der Waals surface area (Å²) in [4.78, 5) is 24.7. The average Bonchev–Trinajstić information content (AvgIpc) is 2.74. The van der Waals surface area contributed by atoms with Crippen molar-refractivity contribution in [1.29, 1.82) is 0 Å². The maximum atomic E-state index is 12.5. The third-order valence-corrected chi connectivity index (χ3v) is 4.72. The molecule has 6 nitrogen and oxygen atoms in total. The summed E-state index contributed by atoms with van der Waals surface area (Å²) in [5.41, 5.74) is 0.0753. The Morgan fingerprint density at radius 3 is 2.29 bits per heavy atom. The Labute approximate surface area is 181 Å². The Bertz CT molecular complexity index is 1100. The minimum Gasteiger partial charge on any atom is -0.508 e. The minimum atomic E-state index is -1.02. The molecule has 3 N–H and O–H groups in total. The van der Waals surface area contributed by atoms with E-state index in [9.17, 15) is 25.0 Å². The molecule has 0 radical (unpaired) electrons. The van der Waals surface area contributed by atoms with Crippen molar-refractivity contribution in [2.24, 2.45) is 5.92 Å². The number of pyridine rings is 1. The molecule has 1 aromatic carbocycles. The molecule has 162 valence electrons. The Balaban J connectivity index is 2.22. The summed E-state index contributed by atoms with van der Waals surface area (Å²) in [6, 6.07) is 5.76. The van der Waals surface area contributed by atoms with Crippen LogP contribution in [-0.2, 0) is 0 Å². The van der Waals surface area contributed by atoms with Gasteiger partial charge in [0, 0.05) is 5.56 Å². The van der Waals surface area contributed by atoms with Gasteiger partial charge in [-0.3, -0.25) is 9.59 Å². The van der Waals surface area contributed by atoms with E-state index in [1.54, 1.807) is 12.2 Å². The predicted molar refractivity (Wildman–Crippen MR) is 122 cm³/mol. The zero-order valence-electron chi connectivity index (χ0n) is 17.8. The first-order valence-electron chi connectivity index (χ1n) is 9.96. The van der Waals surface area contributed by atoms with Crippen LogP contribution >= 0.6 is 0 Å². The highest BCUT2D eigenvalue weighted by molar-refractivity contribution is 6.07. The molecule has 1 aromatic heterocycles. The first kappa shape index (κ1) is 23.5. The van der Waals surface area contributed by atoms with Crippen molar-refractivity contribution in [3.05, 3.63) is 94.5 Å². The summed E-state index contributed by atoms with van der Waals surface area (Å²) in [6.07, 6.45) is 14.0. The summed E-state index contributed by atoms with van der Waals surface area (Å²) in [5, 5.41) is 29.8. The second kappa shape index (κ2) is 10.8. The van der Waals surface area contributed by atoms with Crippen molar-refractivity contribution in [1.82, 2.24) is 4.73 Å². The van der Waals surface area contributed by atoms with Crippen LogP contribution in [0, 0.1) is 5.92 Å². The predicted octanol–water partition coefficient (Wildman–Crippen LogP) is 5.01. The molecular formula is C25H27NO5. The van der Waals surface area contributed by atoms with E-state index in [2.05, 4.69) is 19.9 Å². The number of aromatic nitrogens is 1. The molecule has 2 rings (SSSR count). The first-order valence-corrected chi connectivity index (χ1v) is 9.96. The second-order valence-electron chi connectivity index (χ2n) is 7.23. The lowest BCUT2D eigenvalue weighted by atomic mass is 10.0. The van der Waals surface area contributed by atoms with Crippen molar-refractivity contribution < 1.29 is 20.2 Å². The Morgan fingerprint density at radius 2 is 1.68 bits per heavy atom. The number of nitrogens with zero attached hydrogens (tertiary/aromatic N) is 1. The maximum Gasteiger partial charge on any atom is 0.297 e. The number of carbonyl (C=O) groups excluding carboxylic acids is 1. The van der Waals surface area contributed by atoms with Crippen molar-refractivity contribution in [2.75, 3.05) is 0 Å². The topological polar surface area (TPSA) is 99.8 Å². The van der Waals surface area contributed by atoms with E-state index in [0.717, 1.165) is 24.3 Å². The lowest BCUT2D eigenvalue weighted by molar-refractivity contribution is 0.103. The quantitative estimate of drug-likeness (QED) is 0.241.